The maximum absolute atomic E-state index is 13.0. The van der Waals surface area contributed by atoms with Crippen LogP contribution in [0.25, 0.3) is 0 Å². The Balaban J connectivity index is 1.52. The first-order valence-electron chi connectivity index (χ1n) is 10.6. The number of benzene rings is 3. The molecule has 1 saturated heterocycles. The van der Waals surface area contributed by atoms with Crippen molar-refractivity contribution in [1.29, 1.82) is 0 Å². The van der Waals surface area contributed by atoms with Gasteiger partial charge in [0.25, 0.3) is 0 Å². The normalized spacial score (nSPS) is 13.8. The fourth-order valence-electron chi connectivity index (χ4n) is 4.20. The lowest BCUT2D eigenvalue weighted by Crippen LogP contribution is -2.34. The second-order valence-electron chi connectivity index (χ2n) is 7.85. The van der Waals surface area contributed by atoms with Crippen LogP contribution >= 0.6 is 0 Å². The number of anilines is 2. The summed E-state index contributed by atoms with van der Waals surface area (Å²) >= 11 is 0. The monoisotopic (exact) mass is 413 g/mol. The van der Waals surface area contributed by atoms with Gasteiger partial charge in [-0.05, 0) is 36.7 Å². The third-order valence-corrected chi connectivity index (χ3v) is 5.61. The minimum Gasteiger partial charge on any atom is -0.323 e. The standard InChI is InChI=1S/C26H27N3O2/c1-28(26(20-11-4-2-5-12-20)21-13-6-3-7-14-21)19-24(30)27-22-15-8-9-16-23(22)29-18-10-17-25(29)31/h2-9,11-16,26H,10,17-19H2,1H3,(H,27,30). The van der Waals surface area contributed by atoms with E-state index in [9.17, 15) is 9.59 Å². The van der Waals surface area contributed by atoms with Gasteiger partial charge in [-0.3, -0.25) is 14.5 Å². The van der Waals surface area contributed by atoms with E-state index >= 15 is 0 Å². The van der Waals surface area contributed by atoms with Gasteiger partial charge in [0, 0.05) is 13.0 Å². The van der Waals surface area contributed by atoms with E-state index in [1.54, 1.807) is 4.90 Å². The van der Waals surface area contributed by atoms with Crippen molar-refractivity contribution in [2.24, 2.45) is 0 Å². The molecule has 0 radical (unpaired) electrons. The summed E-state index contributed by atoms with van der Waals surface area (Å²) in [4.78, 5) is 29.0. The summed E-state index contributed by atoms with van der Waals surface area (Å²) in [7, 11) is 1.96. The topological polar surface area (TPSA) is 52.7 Å². The van der Waals surface area contributed by atoms with Gasteiger partial charge in [0.2, 0.25) is 11.8 Å². The molecule has 4 rings (SSSR count). The predicted molar refractivity (Wildman–Crippen MR) is 124 cm³/mol. The number of amides is 2. The molecule has 158 valence electrons. The molecule has 1 aliphatic rings. The zero-order chi connectivity index (χ0) is 21.6. The number of nitrogens with zero attached hydrogens (tertiary/aromatic N) is 2. The van der Waals surface area contributed by atoms with Gasteiger partial charge in [-0.2, -0.15) is 0 Å². The first kappa shape index (κ1) is 20.8. The zero-order valence-corrected chi connectivity index (χ0v) is 17.7. The third-order valence-electron chi connectivity index (χ3n) is 5.61. The highest BCUT2D eigenvalue weighted by Crippen LogP contribution is 2.30. The van der Waals surface area contributed by atoms with Crippen molar-refractivity contribution in [3.8, 4) is 0 Å². The van der Waals surface area contributed by atoms with Gasteiger partial charge in [-0.25, -0.2) is 0 Å². The van der Waals surface area contributed by atoms with Gasteiger partial charge in [0.05, 0.1) is 24.0 Å². The Morgan fingerprint density at radius 3 is 2.10 bits per heavy atom. The molecule has 0 aromatic heterocycles. The average Bonchev–Trinajstić information content (AvgIpc) is 3.21. The largest absolute Gasteiger partial charge is 0.323 e. The van der Waals surface area contributed by atoms with Crippen molar-refractivity contribution in [1.82, 2.24) is 4.90 Å². The van der Waals surface area contributed by atoms with Crippen molar-refractivity contribution in [3.63, 3.8) is 0 Å². The van der Waals surface area contributed by atoms with Crippen LogP contribution in [0.4, 0.5) is 11.4 Å². The molecule has 3 aromatic rings. The maximum Gasteiger partial charge on any atom is 0.238 e. The quantitative estimate of drug-likeness (QED) is 0.622. The van der Waals surface area contributed by atoms with Gasteiger partial charge in [-0.1, -0.05) is 72.8 Å². The summed E-state index contributed by atoms with van der Waals surface area (Å²) in [6.07, 6.45) is 1.40. The van der Waals surface area contributed by atoms with E-state index in [-0.39, 0.29) is 24.4 Å². The molecule has 0 spiro atoms. The minimum atomic E-state index is -0.113. The first-order chi connectivity index (χ1) is 15.1. The lowest BCUT2D eigenvalue weighted by Gasteiger charge is -2.29. The van der Waals surface area contributed by atoms with Gasteiger partial charge in [0.15, 0.2) is 0 Å². The Hall–Kier alpha value is -3.44. The first-order valence-corrected chi connectivity index (χ1v) is 10.6. The molecular weight excluding hydrogens is 386 g/mol. The Morgan fingerprint density at radius 1 is 0.935 bits per heavy atom. The number of hydrogen-bond acceptors (Lipinski definition) is 3. The number of para-hydroxylation sites is 2. The van der Waals surface area contributed by atoms with Gasteiger partial charge in [0.1, 0.15) is 0 Å². The SMILES string of the molecule is CN(CC(=O)Nc1ccccc1N1CCCC1=O)C(c1ccccc1)c1ccccc1. The fourth-order valence-corrected chi connectivity index (χ4v) is 4.20. The van der Waals surface area contributed by atoms with E-state index < -0.39 is 0 Å². The second kappa shape index (κ2) is 9.58. The number of likely N-dealkylation sites (N-methyl/N-ethyl adjacent to an activating group) is 1. The highest BCUT2D eigenvalue weighted by molar-refractivity contribution is 6.02. The summed E-state index contributed by atoms with van der Waals surface area (Å²) in [5, 5.41) is 3.02. The highest BCUT2D eigenvalue weighted by Gasteiger charge is 2.25. The van der Waals surface area contributed by atoms with Crippen LogP contribution < -0.4 is 10.2 Å². The zero-order valence-electron chi connectivity index (χ0n) is 17.7. The second-order valence-corrected chi connectivity index (χ2v) is 7.85. The maximum atomic E-state index is 13.0. The molecule has 0 bridgehead atoms. The molecule has 1 aliphatic heterocycles. The highest BCUT2D eigenvalue weighted by atomic mass is 16.2. The van der Waals surface area contributed by atoms with E-state index in [1.807, 2.05) is 72.6 Å². The number of carbonyl (C=O) groups is 2. The van der Waals surface area contributed by atoms with Crippen molar-refractivity contribution in [2.75, 3.05) is 30.4 Å². The van der Waals surface area contributed by atoms with E-state index in [2.05, 4.69) is 29.6 Å². The van der Waals surface area contributed by atoms with Crippen molar-refractivity contribution in [3.05, 3.63) is 96.1 Å². The van der Waals surface area contributed by atoms with Crippen molar-refractivity contribution < 1.29 is 9.59 Å². The molecule has 3 aromatic carbocycles. The van der Waals surface area contributed by atoms with Crippen LogP contribution in [0.3, 0.4) is 0 Å². The molecule has 2 amide bonds. The fraction of sp³-hybridized carbons (Fsp3) is 0.231. The lowest BCUT2D eigenvalue weighted by molar-refractivity contribution is -0.118. The number of rotatable bonds is 7. The smallest absolute Gasteiger partial charge is 0.238 e. The molecule has 0 aliphatic carbocycles. The average molecular weight is 414 g/mol. The van der Waals surface area contributed by atoms with Crippen LogP contribution in [0.2, 0.25) is 0 Å². The van der Waals surface area contributed by atoms with Crippen LogP contribution in [0.5, 0.6) is 0 Å². The van der Waals surface area contributed by atoms with Gasteiger partial charge >= 0.3 is 0 Å². The lowest BCUT2D eigenvalue weighted by atomic mass is 9.97. The summed E-state index contributed by atoms with van der Waals surface area (Å²) in [5.74, 6) is -0.00880. The Bertz CT molecular complexity index is 997. The van der Waals surface area contributed by atoms with E-state index in [4.69, 9.17) is 0 Å². The molecule has 0 unspecified atom stereocenters. The predicted octanol–water partition coefficient (Wildman–Crippen LogP) is 4.47. The Labute approximate surface area is 183 Å². The molecular formula is C26H27N3O2. The molecule has 1 N–H and O–H groups in total. The van der Waals surface area contributed by atoms with Gasteiger partial charge in [-0.15, -0.1) is 0 Å². The van der Waals surface area contributed by atoms with Gasteiger partial charge < -0.3 is 10.2 Å². The van der Waals surface area contributed by atoms with Crippen LogP contribution in [-0.2, 0) is 9.59 Å². The minimum absolute atomic E-state index is 0.0384. The number of carbonyl (C=O) groups excluding carboxylic acids is 2. The Kier molecular flexibility index (Phi) is 6.43. The molecule has 5 heteroatoms. The van der Waals surface area contributed by atoms with Crippen molar-refractivity contribution >= 4 is 23.2 Å². The van der Waals surface area contributed by atoms with Crippen LogP contribution in [0.1, 0.15) is 30.0 Å². The summed E-state index contributed by atoms with van der Waals surface area (Å²) in [6.45, 7) is 0.909. The number of nitrogens with one attached hydrogen (secondary N) is 1. The van der Waals surface area contributed by atoms with E-state index in [0.717, 1.165) is 23.2 Å². The van der Waals surface area contributed by atoms with Crippen LogP contribution in [0.15, 0.2) is 84.9 Å². The summed E-state index contributed by atoms with van der Waals surface area (Å²) < 4.78 is 0. The molecule has 1 fully saturated rings. The molecule has 1 heterocycles. The van der Waals surface area contributed by atoms with Crippen molar-refractivity contribution in [2.45, 2.75) is 18.9 Å². The van der Waals surface area contributed by atoms with E-state index in [0.29, 0.717) is 18.7 Å². The third kappa shape index (κ3) is 4.84. The van der Waals surface area contributed by atoms with Crippen LogP contribution in [-0.4, -0.2) is 36.9 Å². The summed E-state index contributed by atoms with van der Waals surface area (Å²) in [5.41, 5.74) is 3.70. The summed E-state index contributed by atoms with van der Waals surface area (Å²) in [6, 6.07) is 27.9. The molecule has 0 atom stereocenters. The molecule has 5 nitrogen and oxygen atoms in total. The molecule has 31 heavy (non-hydrogen) atoms. The number of hydrogen-bond donors (Lipinski definition) is 1. The van der Waals surface area contributed by atoms with E-state index in [1.165, 1.54) is 0 Å². The van der Waals surface area contributed by atoms with Crippen LogP contribution in [0, 0.1) is 0 Å². The molecule has 0 saturated carbocycles. The Morgan fingerprint density at radius 2 is 1.52 bits per heavy atom.